The number of para-hydroxylation sites is 1. The van der Waals surface area contributed by atoms with Crippen LogP contribution in [0.25, 0.3) is 10.9 Å². The number of nitrogens with zero attached hydrogens (tertiary/aromatic N) is 1. The van der Waals surface area contributed by atoms with E-state index in [1.807, 2.05) is 0 Å². The van der Waals surface area contributed by atoms with E-state index in [-0.39, 0.29) is 36.8 Å². The van der Waals surface area contributed by atoms with Gasteiger partial charge in [-0.25, -0.2) is 13.2 Å². The Balaban J connectivity index is 2.41. The van der Waals surface area contributed by atoms with E-state index in [0.717, 1.165) is 0 Å². The zero-order valence-corrected chi connectivity index (χ0v) is 12.9. The number of nitrogens with one attached hydrogen (secondary N) is 1. The fraction of sp³-hybridized carbons (Fsp3) is 0. The van der Waals surface area contributed by atoms with Crippen molar-refractivity contribution < 1.29 is 13.6 Å². The highest BCUT2D eigenvalue weighted by Crippen LogP contribution is 2.28. The van der Waals surface area contributed by atoms with Crippen LogP contribution in [0.15, 0.2) is 55.8 Å². The van der Waals surface area contributed by atoms with E-state index >= 15 is 0 Å². The molecule has 0 saturated carbocycles. The lowest BCUT2D eigenvalue weighted by Gasteiger charge is -2.09. The minimum absolute atomic E-state index is 0.128. The van der Waals surface area contributed by atoms with Gasteiger partial charge in [-0.05, 0) is 30.3 Å². The predicted octanol–water partition coefficient (Wildman–Crippen LogP) is -0.0757. The molecule has 0 saturated heterocycles. The summed E-state index contributed by atoms with van der Waals surface area (Å²) in [7, 11) is -4.12. The molecule has 10 heteroatoms. The molecule has 0 fully saturated rings. The average molecular weight is 348 g/mol. The first-order valence-corrected chi connectivity index (χ1v) is 8.08. The molecule has 1 heterocycles. The third kappa shape index (κ3) is 2.29. The number of H-pyrrole nitrogens is 1. The number of sulfone groups is 1. The number of rotatable bonds is 2. The molecule has 0 spiro atoms. The van der Waals surface area contributed by atoms with Crippen molar-refractivity contribution >= 4 is 32.1 Å². The number of aromatic nitrogens is 2. The smallest absolute Gasteiger partial charge is 0.362 e. The molecule has 0 atom stereocenters. The van der Waals surface area contributed by atoms with Gasteiger partial charge in [0.2, 0.25) is 9.84 Å². The molecule has 1 aromatic heterocycles. The van der Waals surface area contributed by atoms with Crippen molar-refractivity contribution in [2.75, 3.05) is 11.5 Å². The maximum Gasteiger partial charge on any atom is 0.362 e. The van der Waals surface area contributed by atoms with Gasteiger partial charge >= 0.3 is 5.69 Å². The standard InChI is InChI=1S/C14H12N4O5S/c15-7-4-8(16)6-9(5-7)24(22,23)11-3-1-2-10-12(11)17-14(20)18(21)13(10)19/h1-6,21H,15-16H2,(H,17,20). The van der Waals surface area contributed by atoms with Crippen LogP contribution < -0.4 is 22.7 Å². The van der Waals surface area contributed by atoms with Gasteiger partial charge in [-0.3, -0.25) is 4.79 Å². The molecule has 2 aromatic carbocycles. The second-order valence-electron chi connectivity index (χ2n) is 5.06. The molecule has 0 aliphatic carbocycles. The van der Waals surface area contributed by atoms with E-state index in [1.165, 1.54) is 36.4 Å². The van der Waals surface area contributed by atoms with Crippen molar-refractivity contribution in [3.63, 3.8) is 0 Å². The third-order valence-electron chi connectivity index (χ3n) is 3.42. The van der Waals surface area contributed by atoms with Gasteiger partial charge < -0.3 is 21.7 Å². The summed E-state index contributed by atoms with van der Waals surface area (Å²) in [4.78, 5) is 25.2. The van der Waals surface area contributed by atoms with E-state index in [4.69, 9.17) is 11.5 Å². The minimum Gasteiger partial charge on any atom is -0.421 e. The molecule has 24 heavy (non-hydrogen) atoms. The highest BCUT2D eigenvalue weighted by molar-refractivity contribution is 7.91. The van der Waals surface area contributed by atoms with Crippen LogP contribution in [0.5, 0.6) is 0 Å². The van der Waals surface area contributed by atoms with Crippen molar-refractivity contribution in [2.45, 2.75) is 9.79 Å². The van der Waals surface area contributed by atoms with Gasteiger partial charge in [-0.1, -0.05) is 10.8 Å². The van der Waals surface area contributed by atoms with Gasteiger partial charge in [0.1, 0.15) is 0 Å². The lowest BCUT2D eigenvalue weighted by molar-refractivity contribution is 0.162. The number of aromatic amines is 1. The Morgan fingerprint density at radius 2 is 1.67 bits per heavy atom. The Bertz CT molecular complexity index is 1170. The first-order chi connectivity index (χ1) is 11.2. The summed E-state index contributed by atoms with van der Waals surface area (Å²) in [5.74, 6) is 0. The largest absolute Gasteiger partial charge is 0.421 e. The summed E-state index contributed by atoms with van der Waals surface area (Å²) in [5.41, 5.74) is 9.17. The van der Waals surface area contributed by atoms with Crippen LogP contribution in [0, 0.1) is 0 Å². The predicted molar refractivity (Wildman–Crippen MR) is 86.7 cm³/mol. The topological polar surface area (TPSA) is 161 Å². The lowest BCUT2D eigenvalue weighted by atomic mass is 10.2. The number of nitrogens with two attached hydrogens (primary N) is 2. The van der Waals surface area contributed by atoms with Gasteiger partial charge in [0, 0.05) is 11.4 Å². The highest BCUT2D eigenvalue weighted by Gasteiger charge is 2.23. The third-order valence-corrected chi connectivity index (χ3v) is 5.20. The van der Waals surface area contributed by atoms with Crippen molar-refractivity contribution in [1.29, 1.82) is 0 Å². The molecule has 9 nitrogen and oxygen atoms in total. The van der Waals surface area contributed by atoms with Gasteiger partial charge in [0.05, 0.1) is 20.7 Å². The molecule has 0 amide bonds. The Kier molecular flexibility index (Phi) is 3.34. The molecule has 0 radical (unpaired) electrons. The molecule has 0 aliphatic heterocycles. The van der Waals surface area contributed by atoms with E-state index in [0.29, 0.717) is 0 Å². The van der Waals surface area contributed by atoms with Crippen LogP contribution in [-0.2, 0) is 9.84 Å². The monoisotopic (exact) mass is 348 g/mol. The number of nitrogen functional groups attached to an aromatic ring is 2. The van der Waals surface area contributed by atoms with Crippen LogP contribution in [0.1, 0.15) is 0 Å². The first-order valence-electron chi connectivity index (χ1n) is 6.60. The molecule has 0 aliphatic rings. The van der Waals surface area contributed by atoms with Crippen LogP contribution >= 0.6 is 0 Å². The average Bonchev–Trinajstić information content (AvgIpc) is 2.51. The second kappa shape index (κ2) is 5.13. The van der Waals surface area contributed by atoms with Gasteiger partial charge in [0.15, 0.2) is 0 Å². The number of hydrogen-bond donors (Lipinski definition) is 4. The Morgan fingerprint density at radius 3 is 2.29 bits per heavy atom. The van der Waals surface area contributed by atoms with E-state index in [1.54, 1.807) is 0 Å². The maximum absolute atomic E-state index is 12.9. The summed E-state index contributed by atoms with van der Waals surface area (Å²) < 4.78 is 25.6. The molecule has 3 aromatic rings. The van der Waals surface area contributed by atoms with Crippen LogP contribution in [0.3, 0.4) is 0 Å². The number of anilines is 2. The second-order valence-corrected chi connectivity index (χ2v) is 6.98. The van der Waals surface area contributed by atoms with Gasteiger partial charge in [0.25, 0.3) is 5.56 Å². The quantitative estimate of drug-likeness (QED) is 0.372. The summed E-state index contributed by atoms with van der Waals surface area (Å²) in [6.07, 6.45) is 0. The maximum atomic E-state index is 12.9. The zero-order valence-electron chi connectivity index (χ0n) is 12.1. The normalized spacial score (nSPS) is 11.7. The van der Waals surface area contributed by atoms with Crippen molar-refractivity contribution in [2.24, 2.45) is 0 Å². The van der Waals surface area contributed by atoms with E-state index < -0.39 is 21.1 Å². The minimum atomic E-state index is -4.12. The van der Waals surface area contributed by atoms with E-state index in [2.05, 4.69) is 4.98 Å². The lowest BCUT2D eigenvalue weighted by Crippen LogP contribution is -2.33. The fourth-order valence-corrected chi connectivity index (χ4v) is 3.88. The van der Waals surface area contributed by atoms with Crippen molar-refractivity contribution in [1.82, 2.24) is 9.71 Å². The molecular formula is C14H12N4O5S. The highest BCUT2D eigenvalue weighted by atomic mass is 32.2. The first kappa shape index (κ1) is 15.6. The Hall–Kier alpha value is -3.27. The summed E-state index contributed by atoms with van der Waals surface area (Å²) in [6.45, 7) is 0. The SMILES string of the molecule is Nc1cc(N)cc(S(=O)(=O)c2cccc3c(=O)n(O)c(=O)[nH]c23)c1. The number of fused-ring (bicyclic) bond motifs is 1. The molecule has 124 valence electrons. The van der Waals surface area contributed by atoms with Crippen LogP contribution in [0.2, 0.25) is 0 Å². The van der Waals surface area contributed by atoms with Gasteiger partial charge in [-0.2, -0.15) is 0 Å². The van der Waals surface area contributed by atoms with Crippen LogP contribution in [0.4, 0.5) is 11.4 Å². The van der Waals surface area contributed by atoms with Crippen molar-refractivity contribution in [3.05, 3.63) is 57.2 Å². The molecule has 6 N–H and O–H groups in total. The zero-order chi connectivity index (χ0) is 17.6. The Morgan fingerprint density at radius 1 is 1.04 bits per heavy atom. The summed E-state index contributed by atoms with van der Waals surface area (Å²) >= 11 is 0. The number of benzene rings is 2. The molecular weight excluding hydrogens is 336 g/mol. The fourth-order valence-electron chi connectivity index (χ4n) is 2.36. The summed E-state index contributed by atoms with van der Waals surface area (Å²) in [5, 5.41) is 9.21. The van der Waals surface area contributed by atoms with E-state index in [9.17, 15) is 23.2 Å². The molecule has 3 rings (SSSR count). The Labute approximate surface area is 134 Å². The molecule has 0 bridgehead atoms. The summed E-state index contributed by atoms with van der Waals surface area (Å²) in [6, 6.07) is 7.67. The number of hydrogen-bond acceptors (Lipinski definition) is 7. The van der Waals surface area contributed by atoms with Crippen LogP contribution in [-0.4, -0.2) is 23.3 Å². The molecule has 0 unspecified atom stereocenters. The van der Waals surface area contributed by atoms with Crippen molar-refractivity contribution in [3.8, 4) is 0 Å². The van der Waals surface area contributed by atoms with Gasteiger partial charge in [-0.15, -0.1) is 0 Å².